The average molecular weight is 508 g/mol. The Morgan fingerprint density at radius 1 is 1.03 bits per heavy atom. The molecule has 6 nitrogen and oxygen atoms in total. The van der Waals surface area contributed by atoms with Gasteiger partial charge >= 0.3 is 0 Å². The minimum absolute atomic E-state index is 0. The zero-order valence-corrected chi connectivity index (χ0v) is 21.7. The molecule has 1 aromatic carbocycles. The first-order chi connectivity index (χ1) is 15.7. The normalized spacial score (nSPS) is 16.4. The maximum absolute atomic E-state index is 6.16. The van der Waals surface area contributed by atoms with Gasteiger partial charge in [0.2, 0.25) is 0 Å². The maximum atomic E-state index is 6.16. The van der Waals surface area contributed by atoms with Crippen LogP contribution in [0.2, 0.25) is 0 Å². The highest BCUT2D eigenvalue weighted by Gasteiger charge is 2.25. The lowest BCUT2D eigenvalue weighted by Gasteiger charge is -2.32. The number of hydrogen-bond donors (Lipinski definition) is 0. The molecule has 34 heavy (non-hydrogen) atoms. The summed E-state index contributed by atoms with van der Waals surface area (Å²) >= 11 is 0. The van der Waals surface area contributed by atoms with Crippen molar-refractivity contribution in [2.24, 2.45) is 11.8 Å². The van der Waals surface area contributed by atoms with Crippen molar-refractivity contribution >= 4 is 41.6 Å². The fourth-order valence-electron chi connectivity index (χ4n) is 4.70. The van der Waals surface area contributed by atoms with E-state index < -0.39 is 0 Å². The zero-order chi connectivity index (χ0) is 21.9. The monoisotopic (exact) mass is 506 g/mol. The van der Waals surface area contributed by atoms with Crippen LogP contribution in [-0.4, -0.2) is 48.8 Å². The van der Waals surface area contributed by atoms with Gasteiger partial charge in [-0.25, -0.2) is 4.98 Å². The number of ether oxygens (including phenoxy) is 1. The SMILES string of the molecule is CN(C)Cc1c(OCC2CC2)ccc2c(CCC3CCN(c4ccccn4)CC3)noc12.Cl.Cl. The van der Waals surface area contributed by atoms with Crippen LogP contribution in [0, 0.1) is 11.8 Å². The number of nitrogens with zero attached hydrogens (tertiary/aromatic N) is 4. The van der Waals surface area contributed by atoms with Gasteiger partial charge in [0.15, 0.2) is 5.58 Å². The maximum Gasteiger partial charge on any atom is 0.175 e. The van der Waals surface area contributed by atoms with E-state index in [-0.39, 0.29) is 24.8 Å². The van der Waals surface area contributed by atoms with Crippen LogP contribution in [0.4, 0.5) is 5.82 Å². The molecule has 8 heteroatoms. The molecular formula is C26H36Cl2N4O2. The van der Waals surface area contributed by atoms with Crippen molar-refractivity contribution < 1.29 is 9.26 Å². The molecule has 0 unspecified atom stereocenters. The molecule has 3 aromatic rings. The van der Waals surface area contributed by atoms with Crippen LogP contribution in [0.3, 0.4) is 0 Å². The van der Waals surface area contributed by atoms with Crippen molar-refractivity contribution in [2.45, 2.75) is 45.1 Å². The van der Waals surface area contributed by atoms with E-state index in [2.05, 4.69) is 58.3 Å². The summed E-state index contributed by atoms with van der Waals surface area (Å²) in [6.07, 6.45) is 8.99. The number of hydrogen-bond acceptors (Lipinski definition) is 6. The molecule has 3 heterocycles. The van der Waals surface area contributed by atoms with Crippen LogP contribution in [0.25, 0.3) is 11.0 Å². The number of benzene rings is 1. The Morgan fingerprint density at radius 3 is 2.50 bits per heavy atom. The van der Waals surface area contributed by atoms with E-state index in [9.17, 15) is 0 Å². The van der Waals surface area contributed by atoms with Gasteiger partial charge in [0, 0.05) is 31.2 Å². The van der Waals surface area contributed by atoms with Crippen molar-refractivity contribution in [3.63, 3.8) is 0 Å². The predicted molar refractivity (Wildman–Crippen MR) is 142 cm³/mol. The highest BCUT2D eigenvalue weighted by molar-refractivity contribution is 5.86. The number of aryl methyl sites for hydroxylation is 1. The molecule has 1 aliphatic heterocycles. The fraction of sp³-hybridized carbons (Fsp3) is 0.538. The van der Waals surface area contributed by atoms with E-state index in [1.54, 1.807) is 0 Å². The number of fused-ring (bicyclic) bond motifs is 1. The van der Waals surface area contributed by atoms with Gasteiger partial charge in [-0.1, -0.05) is 11.2 Å². The van der Waals surface area contributed by atoms with Gasteiger partial charge in [-0.05, 0) is 88.7 Å². The molecule has 1 saturated carbocycles. The quantitative estimate of drug-likeness (QED) is 0.367. The van der Waals surface area contributed by atoms with Gasteiger partial charge in [-0.15, -0.1) is 24.8 Å². The van der Waals surface area contributed by atoms with E-state index in [1.807, 2.05) is 12.3 Å². The van der Waals surface area contributed by atoms with Crippen molar-refractivity contribution in [1.29, 1.82) is 0 Å². The third-order valence-corrected chi connectivity index (χ3v) is 6.80. The van der Waals surface area contributed by atoms with E-state index in [0.29, 0.717) is 0 Å². The second-order valence-electron chi connectivity index (χ2n) is 9.70. The molecule has 1 aliphatic carbocycles. The molecule has 2 fully saturated rings. The Labute approximate surface area is 214 Å². The molecule has 0 N–H and O–H groups in total. The predicted octanol–water partition coefficient (Wildman–Crippen LogP) is 5.77. The molecule has 0 bridgehead atoms. The first-order valence-corrected chi connectivity index (χ1v) is 12.0. The van der Waals surface area contributed by atoms with Gasteiger partial charge in [0.1, 0.15) is 11.6 Å². The Balaban J connectivity index is 0.00000162. The number of halogens is 2. The molecule has 0 amide bonds. The van der Waals surface area contributed by atoms with Crippen LogP contribution in [0.15, 0.2) is 41.1 Å². The molecule has 0 spiro atoms. The Bertz CT molecular complexity index is 1030. The zero-order valence-electron chi connectivity index (χ0n) is 20.1. The van der Waals surface area contributed by atoms with Gasteiger partial charge in [0.05, 0.1) is 17.9 Å². The first-order valence-electron chi connectivity index (χ1n) is 12.0. The average Bonchev–Trinajstić information content (AvgIpc) is 3.55. The largest absolute Gasteiger partial charge is 0.493 e. The number of rotatable bonds is 9. The molecule has 0 atom stereocenters. The minimum atomic E-state index is 0. The lowest BCUT2D eigenvalue weighted by Crippen LogP contribution is -2.34. The van der Waals surface area contributed by atoms with Gasteiger partial charge in [-0.2, -0.15) is 0 Å². The van der Waals surface area contributed by atoms with E-state index in [4.69, 9.17) is 9.26 Å². The summed E-state index contributed by atoms with van der Waals surface area (Å²) in [5.41, 5.74) is 3.10. The van der Waals surface area contributed by atoms with Crippen LogP contribution in [0.1, 0.15) is 43.4 Å². The smallest absolute Gasteiger partial charge is 0.175 e. The summed E-state index contributed by atoms with van der Waals surface area (Å²) in [7, 11) is 4.16. The number of anilines is 1. The van der Waals surface area contributed by atoms with Crippen LogP contribution >= 0.6 is 24.8 Å². The minimum Gasteiger partial charge on any atom is -0.493 e. The topological polar surface area (TPSA) is 54.6 Å². The lowest BCUT2D eigenvalue weighted by molar-refractivity contribution is 0.289. The summed E-state index contributed by atoms with van der Waals surface area (Å²) in [5.74, 6) is 3.50. The van der Waals surface area contributed by atoms with Crippen LogP contribution in [0.5, 0.6) is 5.75 Å². The summed E-state index contributed by atoms with van der Waals surface area (Å²) in [6, 6.07) is 10.4. The third-order valence-electron chi connectivity index (χ3n) is 6.80. The second-order valence-corrected chi connectivity index (χ2v) is 9.70. The molecule has 2 aromatic heterocycles. The van der Waals surface area contributed by atoms with Crippen molar-refractivity contribution in [3.05, 3.63) is 47.8 Å². The van der Waals surface area contributed by atoms with Gasteiger partial charge < -0.3 is 19.1 Å². The molecule has 1 saturated heterocycles. The standard InChI is InChI=1S/C26H34N4O2.2ClH/c1-29(2)17-22-24(31-18-20-6-7-20)11-9-21-23(28-32-26(21)22)10-8-19-12-15-30(16-13-19)25-5-3-4-14-27-25;;/h3-5,9,11,14,19-20H,6-8,10,12-13,15-18H2,1-2H3;2*1H. The second kappa shape index (κ2) is 12.1. The molecule has 2 aliphatic rings. The van der Waals surface area contributed by atoms with E-state index in [1.165, 1.54) is 25.7 Å². The molecule has 186 valence electrons. The summed E-state index contributed by atoms with van der Waals surface area (Å²) in [6.45, 7) is 3.76. The number of aromatic nitrogens is 2. The van der Waals surface area contributed by atoms with Crippen molar-refractivity contribution in [3.8, 4) is 5.75 Å². The Kier molecular flexibility index (Phi) is 9.46. The Morgan fingerprint density at radius 2 is 1.82 bits per heavy atom. The van der Waals surface area contributed by atoms with Crippen LogP contribution < -0.4 is 9.64 Å². The van der Waals surface area contributed by atoms with Gasteiger partial charge in [-0.3, -0.25) is 0 Å². The summed E-state index contributed by atoms with van der Waals surface area (Å²) < 4.78 is 12.0. The van der Waals surface area contributed by atoms with Gasteiger partial charge in [0.25, 0.3) is 0 Å². The summed E-state index contributed by atoms with van der Waals surface area (Å²) in [4.78, 5) is 9.06. The molecular weight excluding hydrogens is 471 g/mol. The van der Waals surface area contributed by atoms with E-state index in [0.717, 1.165) is 84.7 Å². The number of piperidine rings is 1. The molecule has 5 rings (SSSR count). The summed E-state index contributed by atoms with van der Waals surface area (Å²) in [5, 5.41) is 5.63. The van der Waals surface area contributed by atoms with Crippen LogP contribution in [-0.2, 0) is 13.0 Å². The first kappa shape index (κ1) is 26.6. The van der Waals surface area contributed by atoms with Crippen molar-refractivity contribution in [1.82, 2.24) is 15.0 Å². The third kappa shape index (κ3) is 6.35. The van der Waals surface area contributed by atoms with E-state index >= 15 is 0 Å². The highest BCUT2D eigenvalue weighted by atomic mass is 35.5. The van der Waals surface area contributed by atoms with Crippen molar-refractivity contribution in [2.75, 3.05) is 38.7 Å². The number of pyridine rings is 1. The molecule has 0 radical (unpaired) electrons. The lowest BCUT2D eigenvalue weighted by atomic mass is 9.91. The highest BCUT2D eigenvalue weighted by Crippen LogP contribution is 2.35. The Hall–Kier alpha value is -2.02. The fourth-order valence-corrected chi connectivity index (χ4v) is 4.70.